The van der Waals surface area contributed by atoms with Gasteiger partial charge in [-0.2, -0.15) is 0 Å². The molecule has 1 amide bonds. The van der Waals surface area contributed by atoms with Crippen molar-refractivity contribution in [2.45, 2.75) is 58.4 Å². The number of rotatable bonds is 8. The van der Waals surface area contributed by atoms with Gasteiger partial charge in [0.05, 0.1) is 0 Å². The average molecular weight is 197 g/mol. The fraction of sp³-hybridized carbons (Fsp3) is 0.750. The number of unbranched alkanes of at least 4 members (excludes halogenated alkanes) is 2. The molecule has 0 aromatic heterocycles. The number of amides is 1. The van der Waals surface area contributed by atoms with E-state index in [1.165, 1.54) is 25.3 Å². The van der Waals surface area contributed by atoms with E-state index in [9.17, 15) is 4.79 Å². The number of hydrogen-bond donors (Lipinski definition) is 1. The van der Waals surface area contributed by atoms with Gasteiger partial charge < -0.3 is 5.32 Å². The highest BCUT2D eigenvalue weighted by atomic mass is 16.1. The molecule has 0 aromatic carbocycles. The van der Waals surface area contributed by atoms with E-state index in [4.69, 9.17) is 0 Å². The van der Waals surface area contributed by atoms with Crippen LogP contribution < -0.4 is 5.32 Å². The zero-order chi connectivity index (χ0) is 10.8. The summed E-state index contributed by atoms with van der Waals surface area (Å²) in [6, 6.07) is 0.344. The van der Waals surface area contributed by atoms with Gasteiger partial charge in [-0.3, -0.25) is 4.79 Å². The Morgan fingerprint density at radius 1 is 1.29 bits per heavy atom. The summed E-state index contributed by atoms with van der Waals surface area (Å²) in [5.41, 5.74) is 0. The molecule has 1 N–H and O–H groups in total. The summed E-state index contributed by atoms with van der Waals surface area (Å²) < 4.78 is 0. The topological polar surface area (TPSA) is 29.1 Å². The Hall–Kier alpha value is -0.790. The van der Waals surface area contributed by atoms with Crippen molar-refractivity contribution < 1.29 is 4.79 Å². The van der Waals surface area contributed by atoms with Crippen LogP contribution in [-0.4, -0.2) is 11.9 Å². The molecule has 0 saturated heterocycles. The fourth-order valence-corrected chi connectivity index (χ4v) is 1.54. The Balaban J connectivity index is 3.76. The van der Waals surface area contributed by atoms with Gasteiger partial charge in [0.2, 0.25) is 5.91 Å². The molecule has 82 valence electrons. The molecule has 2 nitrogen and oxygen atoms in total. The van der Waals surface area contributed by atoms with Crippen molar-refractivity contribution in [2.24, 2.45) is 0 Å². The first-order valence-corrected chi connectivity index (χ1v) is 5.67. The number of hydrogen-bond acceptors (Lipinski definition) is 1. The molecular formula is C12H23NO. The largest absolute Gasteiger partial charge is 0.350 e. The molecule has 0 spiro atoms. The summed E-state index contributed by atoms with van der Waals surface area (Å²) in [6.07, 6.45) is 8.33. The molecule has 14 heavy (non-hydrogen) atoms. The van der Waals surface area contributed by atoms with Crippen molar-refractivity contribution in [2.75, 3.05) is 0 Å². The quantitative estimate of drug-likeness (QED) is 0.470. The lowest BCUT2D eigenvalue weighted by Crippen LogP contribution is -2.33. The van der Waals surface area contributed by atoms with E-state index in [-0.39, 0.29) is 5.91 Å². The van der Waals surface area contributed by atoms with Gasteiger partial charge >= 0.3 is 0 Å². The highest BCUT2D eigenvalue weighted by Crippen LogP contribution is 2.08. The maximum atomic E-state index is 11.1. The van der Waals surface area contributed by atoms with Gasteiger partial charge in [-0.1, -0.05) is 46.1 Å². The van der Waals surface area contributed by atoms with Crippen molar-refractivity contribution in [3.8, 4) is 0 Å². The summed E-state index contributed by atoms with van der Waals surface area (Å²) >= 11 is 0. The summed E-state index contributed by atoms with van der Waals surface area (Å²) in [7, 11) is 0. The molecule has 0 rings (SSSR count). The summed E-state index contributed by atoms with van der Waals surface area (Å²) in [5.74, 6) is -0.0417. The lowest BCUT2D eigenvalue weighted by Gasteiger charge is -2.16. The van der Waals surface area contributed by atoms with Crippen molar-refractivity contribution in [1.29, 1.82) is 0 Å². The molecule has 2 heteroatoms. The molecule has 0 fully saturated rings. The van der Waals surface area contributed by atoms with Crippen molar-refractivity contribution in [1.82, 2.24) is 5.32 Å². The van der Waals surface area contributed by atoms with Crippen molar-refractivity contribution >= 4 is 5.91 Å². The van der Waals surface area contributed by atoms with Crippen LogP contribution in [0.3, 0.4) is 0 Å². The molecule has 0 saturated carbocycles. The SMILES string of the molecule is C=CC(=O)NC(CCC)CCCCC. The molecule has 0 heterocycles. The first-order chi connectivity index (χ1) is 6.74. The predicted octanol–water partition coefficient (Wildman–Crippen LogP) is 3.04. The highest BCUT2D eigenvalue weighted by molar-refractivity contribution is 5.87. The van der Waals surface area contributed by atoms with Gasteiger partial charge in [0.1, 0.15) is 0 Å². The van der Waals surface area contributed by atoms with Gasteiger partial charge in [-0.25, -0.2) is 0 Å². The van der Waals surface area contributed by atoms with Gasteiger partial charge in [0.15, 0.2) is 0 Å². The number of nitrogens with one attached hydrogen (secondary N) is 1. The van der Waals surface area contributed by atoms with Gasteiger partial charge in [-0.15, -0.1) is 0 Å². The van der Waals surface area contributed by atoms with E-state index in [1.54, 1.807) is 0 Å². The van der Waals surface area contributed by atoms with Crippen LogP contribution in [0.2, 0.25) is 0 Å². The van der Waals surface area contributed by atoms with Gasteiger partial charge in [0.25, 0.3) is 0 Å². The fourth-order valence-electron chi connectivity index (χ4n) is 1.54. The monoisotopic (exact) mass is 197 g/mol. The normalized spacial score (nSPS) is 12.1. The summed E-state index contributed by atoms with van der Waals surface area (Å²) in [5, 5.41) is 2.97. The van der Waals surface area contributed by atoms with E-state index in [2.05, 4.69) is 25.7 Å². The Morgan fingerprint density at radius 3 is 2.50 bits per heavy atom. The minimum absolute atomic E-state index is 0.0417. The number of carbonyl (C=O) groups is 1. The molecule has 1 atom stereocenters. The highest BCUT2D eigenvalue weighted by Gasteiger charge is 2.08. The second-order valence-electron chi connectivity index (χ2n) is 3.69. The summed E-state index contributed by atoms with van der Waals surface area (Å²) in [6.45, 7) is 7.80. The zero-order valence-corrected chi connectivity index (χ0v) is 9.51. The van der Waals surface area contributed by atoms with Crippen LogP contribution in [0.25, 0.3) is 0 Å². The summed E-state index contributed by atoms with van der Waals surface area (Å²) in [4.78, 5) is 11.1. The van der Waals surface area contributed by atoms with Crippen LogP contribution in [0, 0.1) is 0 Å². The standard InChI is InChI=1S/C12H23NO/c1-4-7-8-10-11(9-5-2)13-12(14)6-3/h6,11H,3-5,7-10H2,1-2H3,(H,13,14). The lowest BCUT2D eigenvalue weighted by atomic mass is 10.0. The first-order valence-electron chi connectivity index (χ1n) is 5.67. The molecule has 0 aliphatic rings. The lowest BCUT2D eigenvalue weighted by molar-refractivity contribution is -0.117. The van der Waals surface area contributed by atoms with E-state index < -0.39 is 0 Å². The molecule has 0 aliphatic carbocycles. The Morgan fingerprint density at radius 2 is 2.00 bits per heavy atom. The zero-order valence-electron chi connectivity index (χ0n) is 9.51. The maximum Gasteiger partial charge on any atom is 0.243 e. The third-order valence-corrected chi connectivity index (χ3v) is 2.33. The maximum absolute atomic E-state index is 11.1. The third kappa shape index (κ3) is 6.70. The minimum atomic E-state index is -0.0417. The third-order valence-electron chi connectivity index (χ3n) is 2.33. The molecule has 0 radical (unpaired) electrons. The van der Waals surface area contributed by atoms with Crippen LogP contribution in [0.5, 0.6) is 0 Å². The Bertz CT molecular complexity index is 166. The Labute approximate surface area is 87.8 Å². The Kier molecular flexibility index (Phi) is 8.30. The van der Waals surface area contributed by atoms with E-state index in [0.29, 0.717) is 6.04 Å². The minimum Gasteiger partial charge on any atom is -0.350 e. The van der Waals surface area contributed by atoms with Crippen molar-refractivity contribution in [3.63, 3.8) is 0 Å². The van der Waals surface area contributed by atoms with Crippen molar-refractivity contribution in [3.05, 3.63) is 12.7 Å². The smallest absolute Gasteiger partial charge is 0.243 e. The predicted molar refractivity (Wildman–Crippen MR) is 61.2 cm³/mol. The van der Waals surface area contributed by atoms with Gasteiger partial charge in [0, 0.05) is 6.04 Å². The molecule has 0 aromatic rings. The van der Waals surface area contributed by atoms with E-state index in [0.717, 1.165) is 19.3 Å². The van der Waals surface area contributed by atoms with E-state index in [1.807, 2.05) is 0 Å². The second kappa shape index (κ2) is 8.79. The molecule has 0 bridgehead atoms. The van der Waals surface area contributed by atoms with Gasteiger partial charge in [-0.05, 0) is 18.9 Å². The second-order valence-corrected chi connectivity index (χ2v) is 3.69. The molecular weight excluding hydrogens is 174 g/mol. The number of carbonyl (C=O) groups excluding carboxylic acids is 1. The molecule has 1 unspecified atom stereocenters. The average Bonchev–Trinajstić information content (AvgIpc) is 2.18. The van der Waals surface area contributed by atoms with Crippen LogP contribution in [0.15, 0.2) is 12.7 Å². The van der Waals surface area contributed by atoms with Crippen LogP contribution in [-0.2, 0) is 4.79 Å². The van der Waals surface area contributed by atoms with Crippen LogP contribution in [0.1, 0.15) is 52.4 Å². The van der Waals surface area contributed by atoms with E-state index >= 15 is 0 Å². The van der Waals surface area contributed by atoms with Crippen LogP contribution >= 0.6 is 0 Å². The van der Waals surface area contributed by atoms with Crippen LogP contribution in [0.4, 0.5) is 0 Å². The molecule has 0 aliphatic heterocycles. The first kappa shape index (κ1) is 13.2.